The first-order chi connectivity index (χ1) is 5.18. The minimum Gasteiger partial charge on any atom is -0.427 e. The summed E-state index contributed by atoms with van der Waals surface area (Å²) in [6, 6.07) is 5.76. The van der Waals surface area contributed by atoms with E-state index in [9.17, 15) is 9.90 Å². The molecule has 0 saturated heterocycles. The second-order valence-corrected chi connectivity index (χ2v) is 2.07. The van der Waals surface area contributed by atoms with E-state index in [1.54, 1.807) is 12.1 Å². The molecule has 0 atom stereocenters. The molecular formula is C8H7O3. The number of ether oxygens (including phenoxy) is 1. The maximum Gasteiger partial charge on any atom is 0.308 e. The number of benzene rings is 1. The normalized spacial score (nSPS) is 9.18. The summed E-state index contributed by atoms with van der Waals surface area (Å²) in [6.07, 6.45) is 0. The zero-order valence-electron chi connectivity index (χ0n) is 6.03. The topological polar surface area (TPSA) is 46.2 Å². The summed E-state index contributed by atoms with van der Waals surface area (Å²) in [5, 5.41) is 10.7. The molecule has 0 aliphatic heterocycles. The van der Waals surface area contributed by atoms with Crippen LogP contribution in [-0.2, 0) is 9.90 Å². The summed E-state index contributed by atoms with van der Waals surface area (Å²) in [5.74, 6) is -0.288. The zero-order chi connectivity index (χ0) is 8.27. The SMILES string of the molecule is CC(=O)Oc1cccc([O])c1. The minimum atomic E-state index is -0.421. The fourth-order valence-corrected chi connectivity index (χ4v) is 0.704. The van der Waals surface area contributed by atoms with Crippen molar-refractivity contribution in [3.8, 4) is 11.5 Å². The third-order valence-electron chi connectivity index (χ3n) is 1.07. The summed E-state index contributed by atoms with van der Waals surface area (Å²) in [4.78, 5) is 10.4. The van der Waals surface area contributed by atoms with E-state index in [-0.39, 0.29) is 5.75 Å². The lowest BCUT2D eigenvalue weighted by Gasteiger charge is -1.98. The first-order valence-corrected chi connectivity index (χ1v) is 3.14. The number of esters is 1. The van der Waals surface area contributed by atoms with Crippen LogP contribution in [0.15, 0.2) is 24.3 Å². The van der Waals surface area contributed by atoms with Crippen molar-refractivity contribution in [1.82, 2.24) is 0 Å². The molecule has 0 N–H and O–H groups in total. The van der Waals surface area contributed by atoms with Crippen LogP contribution < -0.4 is 4.74 Å². The molecule has 0 aliphatic rings. The molecule has 1 radical (unpaired) electrons. The third kappa shape index (κ3) is 2.29. The highest BCUT2D eigenvalue weighted by Crippen LogP contribution is 2.17. The number of carbonyl (C=O) groups excluding carboxylic acids is 1. The zero-order valence-corrected chi connectivity index (χ0v) is 6.03. The van der Waals surface area contributed by atoms with Gasteiger partial charge >= 0.3 is 5.97 Å². The van der Waals surface area contributed by atoms with Gasteiger partial charge in [-0.2, -0.15) is 0 Å². The highest BCUT2D eigenvalue weighted by atomic mass is 16.5. The van der Waals surface area contributed by atoms with Crippen molar-refractivity contribution in [3.63, 3.8) is 0 Å². The summed E-state index contributed by atoms with van der Waals surface area (Å²) in [6.45, 7) is 1.29. The second kappa shape index (κ2) is 3.05. The highest BCUT2D eigenvalue weighted by Gasteiger charge is 1.98. The Hall–Kier alpha value is -1.51. The van der Waals surface area contributed by atoms with Crippen LogP contribution in [0.1, 0.15) is 6.92 Å². The largest absolute Gasteiger partial charge is 0.427 e. The first kappa shape index (κ1) is 7.60. The van der Waals surface area contributed by atoms with Gasteiger partial charge in [0.05, 0.1) is 0 Å². The molecule has 3 nitrogen and oxygen atoms in total. The third-order valence-corrected chi connectivity index (χ3v) is 1.07. The van der Waals surface area contributed by atoms with E-state index < -0.39 is 5.97 Å². The average molecular weight is 151 g/mol. The van der Waals surface area contributed by atoms with Crippen molar-refractivity contribution >= 4 is 5.97 Å². The monoisotopic (exact) mass is 151 g/mol. The summed E-state index contributed by atoms with van der Waals surface area (Å²) in [5.41, 5.74) is 0. The maximum atomic E-state index is 10.7. The lowest BCUT2D eigenvalue weighted by Crippen LogP contribution is -2.00. The van der Waals surface area contributed by atoms with Crippen molar-refractivity contribution in [2.75, 3.05) is 0 Å². The Balaban J connectivity index is 2.79. The number of hydrogen-bond donors (Lipinski definition) is 0. The summed E-state index contributed by atoms with van der Waals surface area (Å²) in [7, 11) is 0. The Morgan fingerprint density at radius 2 is 2.18 bits per heavy atom. The molecule has 0 unspecified atom stereocenters. The van der Waals surface area contributed by atoms with Gasteiger partial charge < -0.3 is 4.74 Å². The highest BCUT2D eigenvalue weighted by molar-refractivity contribution is 5.69. The Morgan fingerprint density at radius 3 is 2.73 bits per heavy atom. The predicted octanol–water partition coefficient (Wildman–Crippen LogP) is 1.76. The van der Waals surface area contributed by atoms with Crippen LogP contribution in [0, 0.1) is 0 Å². The molecule has 0 spiro atoms. The molecule has 0 amide bonds. The predicted molar refractivity (Wildman–Crippen MR) is 37.9 cm³/mol. The molecule has 0 saturated carbocycles. The van der Waals surface area contributed by atoms with Gasteiger partial charge in [0.2, 0.25) is 0 Å². The van der Waals surface area contributed by atoms with Crippen LogP contribution in [0.25, 0.3) is 0 Å². The standard InChI is InChI=1S/C8H7O3/c1-6(9)11-8-4-2-3-7(10)5-8/h2-5H,1H3. The van der Waals surface area contributed by atoms with E-state index in [0.29, 0.717) is 5.75 Å². The molecular weight excluding hydrogens is 144 g/mol. The van der Waals surface area contributed by atoms with E-state index in [1.165, 1.54) is 19.1 Å². The van der Waals surface area contributed by atoms with Gasteiger partial charge in [0.25, 0.3) is 0 Å². The van der Waals surface area contributed by atoms with Gasteiger partial charge in [0.1, 0.15) is 5.75 Å². The van der Waals surface area contributed by atoms with Gasteiger partial charge in [-0.25, -0.2) is 0 Å². The maximum absolute atomic E-state index is 10.7. The number of hydrogen-bond acceptors (Lipinski definition) is 2. The Morgan fingerprint density at radius 1 is 1.45 bits per heavy atom. The molecule has 1 rings (SSSR count). The minimum absolute atomic E-state index is 0.163. The molecule has 3 heteroatoms. The van der Waals surface area contributed by atoms with Gasteiger partial charge in [-0.1, -0.05) is 6.07 Å². The summed E-state index contributed by atoms with van der Waals surface area (Å²) >= 11 is 0. The molecule has 1 aromatic rings. The lowest BCUT2D eigenvalue weighted by atomic mass is 10.3. The van der Waals surface area contributed by atoms with Gasteiger partial charge in [-0.3, -0.25) is 9.90 Å². The van der Waals surface area contributed by atoms with Crippen LogP contribution in [-0.4, -0.2) is 5.97 Å². The molecule has 57 valence electrons. The van der Waals surface area contributed by atoms with E-state index in [0.717, 1.165) is 0 Å². The molecule has 0 fully saturated rings. The number of rotatable bonds is 1. The van der Waals surface area contributed by atoms with E-state index >= 15 is 0 Å². The van der Waals surface area contributed by atoms with Crippen molar-refractivity contribution in [2.45, 2.75) is 6.92 Å². The molecule has 0 aromatic heterocycles. The van der Waals surface area contributed by atoms with Crippen molar-refractivity contribution in [2.24, 2.45) is 0 Å². The molecule has 0 heterocycles. The van der Waals surface area contributed by atoms with Crippen molar-refractivity contribution in [1.29, 1.82) is 0 Å². The smallest absolute Gasteiger partial charge is 0.308 e. The Kier molecular flexibility index (Phi) is 2.11. The first-order valence-electron chi connectivity index (χ1n) is 3.14. The van der Waals surface area contributed by atoms with Crippen molar-refractivity contribution < 1.29 is 14.6 Å². The number of carbonyl (C=O) groups is 1. The fourth-order valence-electron chi connectivity index (χ4n) is 0.704. The molecule has 1 aromatic carbocycles. The van der Waals surface area contributed by atoms with Crippen molar-refractivity contribution in [3.05, 3.63) is 24.3 Å². The van der Waals surface area contributed by atoms with Gasteiger partial charge in [0.15, 0.2) is 5.75 Å². The average Bonchev–Trinajstić information content (AvgIpc) is 1.85. The van der Waals surface area contributed by atoms with Crippen LogP contribution in [0.3, 0.4) is 0 Å². The van der Waals surface area contributed by atoms with Crippen LogP contribution in [0.5, 0.6) is 11.5 Å². The van der Waals surface area contributed by atoms with Gasteiger partial charge in [-0.05, 0) is 12.1 Å². The van der Waals surface area contributed by atoms with Crippen LogP contribution >= 0.6 is 0 Å². The molecule has 0 bridgehead atoms. The van der Waals surface area contributed by atoms with Crippen LogP contribution in [0.2, 0.25) is 0 Å². The van der Waals surface area contributed by atoms with Gasteiger partial charge in [0, 0.05) is 13.0 Å². The second-order valence-electron chi connectivity index (χ2n) is 2.07. The van der Waals surface area contributed by atoms with E-state index in [4.69, 9.17) is 0 Å². The lowest BCUT2D eigenvalue weighted by molar-refractivity contribution is -0.131. The van der Waals surface area contributed by atoms with Gasteiger partial charge in [-0.15, -0.1) is 0 Å². The molecule has 0 aliphatic carbocycles. The summed E-state index contributed by atoms with van der Waals surface area (Å²) < 4.78 is 4.66. The Bertz CT molecular complexity index is 268. The quantitative estimate of drug-likeness (QED) is 0.453. The Labute approximate surface area is 64.2 Å². The van der Waals surface area contributed by atoms with Crippen LogP contribution in [0.4, 0.5) is 0 Å². The van der Waals surface area contributed by atoms with E-state index in [2.05, 4.69) is 4.74 Å². The fraction of sp³-hybridized carbons (Fsp3) is 0.125. The molecule has 11 heavy (non-hydrogen) atoms. The van der Waals surface area contributed by atoms with E-state index in [1.807, 2.05) is 0 Å².